The molecule has 0 nitrogen and oxygen atoms in total. The van der Waals surface area contributed by atoms with E-state index < -0.39 is 0 Å². The van der Waals surface area contributed by atoms with E-state index in [1.807, 2.05) is 0 Å². The van der Waals surface area contributed by atoms with Crippen LogP contribution in [0.25, 0.3) is 22.3 Å². The Labute approximate surface area is 114 Å². The highest BCUT2D eigenvalue weighted by Gasteiger charge is 2.11. The van der Waals surface area contributed by atoms with Crippen molar-refractivity contribution in [3.63, 3.8) is 0 Å². The fourth-order valence-electron chi connectivity index (χ4n) is 2.11. The second kappa shape index (κ2) is 5.06. The van der Waals surface area contributed by atoms with Gasteiger partial charge in [0.2, 0.25) is 0 Å². The van der Waals surface area contributed by atoms with E-state index in [4.69, 9.17) is 0 Å². The van der Waals surface area contributed by atoms with Crippen molar-refractivity contribution in [3.8, 4) is 22.3 Å². The van der Waals surface area contributed by atoms with Gasteiger partial charge in [-0.2, -0.15) is 0 Å². The third kappa shape index (κ3) is 2.12. The van der Waals surface area contributed by atoms with E-state index in [1.54, 1.807) is 11.3 Å². The molecule has 1 atom stereocenters. The molecule has 0 aliphatic heterocycles. The number of hydrogen-bond donors (Lipinski definition) is 0. The first-order chi connectivity index (χ1) is 8.86. The molecule has 3 aromatic rings. The Bertz CT molecular complexity index is 641. The third-order valence-electron chi connectivity index (χ3n) is 2.97. The summed E-state index contributed by atoms with van der Waals surface area (Å²) in [6.45, 7) is 0. The molecule has 0 saturated carbocycles. The highest BCUT2D eigenvalue weighted by molar-refractivity contribution is 7.43. The first-order valence-electron chi connectivity index (χ1n) is 5.84. The summed E-state index contributed by atoms with van der Waals surface area (Å²) in [4.78, 5) is 0. The summed E-state index contributed by atoms with van der Waals surface area (Å²) in [7, 11) is 2.85. The van der Waals surface area contributed by atoms with Gasteiger partial charge < -0.3 is 0 Å². The van der Waals surface area contributed by atoms with E-state index in [-0.39, 0.29) is 0 Å². The second-order valence-corrected chi connectivity index (χ2v) is 6.03. The zero-order valence-electron chi connectivity index (χ0n) is 9.84. The van der Waals surface area contributed by atoms with Gasteiger partial charge in [0.05, 0.1) is 0 Å². The molecule has 0 saturated heterocycles. The monoisotopic (exact) mass is 268 g/mol. The average molecular weight is 268 g/mol. The summed E-state index contributed by atoms with van der Waals surface area (Å²) < 4.78 is 1.29. The maximum atomic E-state index is 2.85. The highest BCUT2D eigenvalue weighted by atomic mass is 32.1. The first kappa shape index (κ1) is 11.6. The second-order valence-electron chi connectivity index (χ2n) is 4.12. The minimum atomic E-state index is 1.28. The molecule has 0 amide bonds. The standard InChI is InChI=1S/C16H13PS/c17-16-15(13-9-5-2-6-10-13)14(11-18-16)12-7-3-1-4-8-12/h1-11H,17H2. The van der Waals surface area contributed by atoms with Crippen LogP contribution in [-0.4, -0.2) is 0 Å². The van der Waals surface area contributed by atoms with E-state index in [0.717, 1.165) is 0 Å². The highest BCUT2D eigenvalue weighted by Crippen LogP contribution is 2.34. The maximum absolute atomic E-state index is 2.85. The molecule has 88 valence electrons. The maximum Gasteiger partial charge on any atom is 0.0300 e. The van der Waals surface area contributed by atoms with Crippen LogP contribution in [0.5, 0.6) is 0 Å². The molecule has 1 heterocycles. The molecule has 3 rings (SSSR count). The van der Waals surface area contributed by atoms with Crippen LogP contribution in [0.15, 0.2) is 66.0 Å². The minimum Gasteiger partial charge on any atom is -0.143 e. The van der Waals surface area contributed by atoms with Crippen LogP contribution in [0, 0.1) is 0 Å². The van der Waals surface area contributed by atoms with E-state index >= 15 is 0 Å². The topological polar surface area (TPSA) is 0 Å². The van der Waals surface area contributed by atoms with E-state index in [2.05, 4.69) is 75.3 Å². The lowest BCUT2D eigenvalue weighted by Crippen LogP contribution is -1.90. The number of hydrogen-bond acceptors (Lipinski definition) is 1. The van der Waals surface area contributed by atoms with Crippen LogP contribution in [0.1, 0.15) is 0 Å². The van der Waals surface area contributed by atoms with Gasteiger partial charge in [-0.1, -0.05) is 69.9 Å². The van der Waals surface area contributed by atoms with Gasteiger partial charge in [-0.25, -0.2) is 0 Å². The zero-order valence-corrected chi connectivity index (χ0v) is 11.8. The van der Waals surface area contributed by atoms with Crippen molar-refractivity contribution in [2.24, 2.45) is 0 Å². The smallest absolute Gasteiger partial charge is 0.0300 e. The van der Waals surface area contributed by atoms with E-state index in [9.17, 15) is 0 Å². The quantitative estimate of drug-likeness (QED) is 0.597. The molecular formula is C16H13PS. The molecule has 0 bridgehead atoms. The molecule has 0 aliphatic carbocycles. The van der Waals surface area contributed by atoms with Gasteiger partial charge in [0.25, 0.3) is 0 Å². The molecule has 0 radical (unpaired) electrons. The lowest BCUT2D eigenvalue weighted by atomic mass is 9.99. The van der Waals surface area contributed by atoms with Crippen molar-refractivity contribution in [1.82, 2.24) is 0 Å². The molecule has 2 heteroatoms. The van der Waals surface area contributed by atoms with Crippen molar-refractivity contribution in [3.05, 3.63) is 66.0 Å². The minimum absolute atomic E-state index is 1.28. The molecule has 2 aromatic carbocycles. The van der Waals surface area contributed by atoms with Crippen LogP contribution < -0.4 is 4.62 Å². The van der Waals surface area contributed by atoms with Crippen LogP contribution in [0.2, 0.25) is 0 Å². The largest absolute Gasteiger partial charge is 0.143 e. The molecule has 0 spiro atoms. The van der Waals surface area contributed by atoms with Crippen molar-refractivity contribution in [1.29, 1.82) is 0 Å². The van der Waals surface area contributed by atoms with Gasteiger partial charge in [-0.05, 0) is 16.5 Å². The Kier molecular flexibility index (Phi) is 3.27. The van der Waals surface area contributed by atoms with Gasteiger partial charge in [-0.15, -0.1) is 11.3 Å². The van der Waals surface area contributed by atoms with Crippen molar-refractivity contribution < 1.29 is 0 Å². The normalized spacial score (nSPS) is 10.5. The van der Waals surface area contributed by atoms with Gasteiger partial charge in [0, 0.05) is 15.7 Å². The number of rotatable bonds is 2. The number of benzene rings is 2. The molecule has 0 N–H and O–H groups in total. The number of thiophene rings is 1. The molecule has 1 unspecified atom stereocenters. The molecular weight excluding hydrogens is 255 g/mol. The van der Waals surface area contributed by atoms with Gasteiger partial charge in [0.15, 0.2) is 0 Å². The summed E-state index contributed by atoms with van der Waals surface area (Å²) in [5, 5.41) is 2.24. The Hall–Kier alpha value is -1.43. The van der Waals surface area contributed by atoms with Gasteiger partial charge in [0.1, 0.15) is 0 Å². The molecule has 18 heavy (non-hydrogen) atoms. The SMILES string of the molecule is Pc1scc(-c2ccccc2)c1-c1ccccc1. The predicted octanol–water partition coefficient (Wildman–Crippen LogP) is 4.58. The van der Waals surface area contributed by atoms with Crippen molar-refractivity contribution >= 4 is 25.2 Å². The van der Waals surface area contributed by atoms with Crippen LogP contribution in [0.3, 0.4) is 0 Å². The lowest BCUT2D eigenvalue weighted by Gasteiger charge is -2.06. The lowest BCUT2D eigenvalue weighted by molar-refractivity contribution is 1.64. The summed E-state index contributed by atoms with van der Waals surface area (Å²) in [5.74, 6) is 0. The fraction of sp³-hybridized carbons (Fsp3) is 0. The molecule has 0 aliphatic rings. The zero-order chi connectivity index (χ0) is 12.4. The summed E-state index contributed by atoms with van der Waals surface area (Å²) in [6.07, 6.45) is 0. The Morgan fingerprint density at radius 2 is 1.28 bits per heavy atom. The van der Waals surface area contributed by atoms with Gasteiger partial charge in [-0.3, -0.25) is 0 Å². The van der Waals surface area contributed by atoms with Crippen molar-refractivity contribution in [2.75, 3.05) is 0 Å². The predicted molar refractivity (Wildman–Crippen MR) is 84.5 cm³/mol. The van der Waals surface area contributed by atoms with E-state index in [0.29, 0.717) is 0 Å². The Balaban J connectivity index is 2.19. The van der Waals surface area contributed by atoms with E-state index in [1.165, 1.54) is 26.9 Å². The molecule has 0 fully saturated rings. The first-order valence-corrected chi connectivity index (χ1v) is 7.30. The summed E-state index contributed by atoms with van der Waals surface area (Å²) in [6, 6.07) is 21.1. The Morgan fingerprint density at radius 3 is 1.89 bits per heavy atom. The average Bonchev–Trinajstić information content (AvgIpc) is 2.83. The van der Waals surface area contributed by atoms with Gasteiger partial charge >= 0.3 is 0 Å². The molecule has 1 aromatic heterocycles. The summed E-state index contributed by atoms with van der Waals surface area (Å²) >= 11 is 1.78. The van der Waals surface area contributed by atoms with Crippen LogP contribution >= 0.6 is 20.6 Å². The Morgan fingerprint density at radius 1 is 0.722 bits per heavy atom. The van der Waals surface area contributed by atoms with Crippen molar-refractivity contribution in [2.45, 2.75) is 0 Å². The van der Waals surface area contributed by atoms with Crippen LogP contribution in [-0.2, 0) is 0 Å². The van der Waals surface area contributed by atoms with Crippen LogP contribution in [0.4, 0.5) is 0 Å². The third-order valence-corrected chi connectivity index (χ3v) is 4.48. The summed E-state index contributed by atoms with van der Waals surface area (Å²) in [5.41, 5.74) is 5.21. The fourth-order valence-corrected chi connectivity index (χ4v) is 3.48.